The molecule has 1 N–H and O–H groups in total. The number of aryl methyl sites for hydroxylation is 1. The number of rotatable bonds is 12. The second kappa shape index (κ2) is 12.1. The van der Waals surface area contributed by atoms with Crippen LogP contribution < -0.4 is 9.47 Å². The molecule has 2 aromatic rings. The topological polar surface area (TPSA) is 51.6 Å². The highest BCUT2D eigenvalue weighted by Crippen LogP contribution is 2.20. The van der Waals surface area contributed by atoms with Gasteiger partial charge in [-0.15, -0.1) is 0 Å². The molecule has 0 aliphatic carbocycles. The third-order valence-electron chi connectivity index (χ3n) is 4.31. The first-order chi connectivity index (χ1) is 12.7. The number of pyridine rings is 1. The third kappa shape index (κ3) is 7.50. The number of unbranched alkanes of at least 4 members (excludes halogenated alkanes) is 5. The van der Waals surface area contributed by atoms with Crippen LogP contribution in [0, 0.1) is 3.70 Å². The number of nitrogens with zero attached hydrogens (tertiary/aromatic N) is 1. The first-order valence-electron chi connectivity index (χ1n) is 9.25. The van der Waals surface area contributed by atoms with Crippen molar-refractivity contribution in [2.75, 3.05) is 13.7 Å². The number of benzene rings is 1. The van der Waals surface area contributed by atoms with Gasteiger partial charge in [0.25, 0.3) is 0 Å². The molecule has 26 heavy (non-hydrogen) atoms. The summed E-state index contributed by atoms with van der Waals surface area (Å²) >= 11 is 2.15. The van der Waals surface area contributed by atoms with Gasteiger partial charge in [0.15, 0.2) is 5.75 Å². The van der Waals surface area contributed by atoms with E-state index in [9.17, 15) is 0 Å². The zero-order chi connectivity index (χ0) is 18.6. The molecular formula is C21H28INO3. The fourth-order valence-corrected chi connectivity index (χ4v) is 3.41. The van der Waals surface area contributed by atoms with E-state index in [-0.39, 0.29) is 6.61 Å². The van der Waals surface area contributed by atoms with Gasteiger partial charge in [-0.05, 0) is 71.7 Å². The van der Waals surface area contributed by atoms with Crippen LogP contribution in [0.4, 0.5) is 0 Å². The lowest BCUT2D eigenvalue weighted by atomic mass is 10.0. The predicted octanol–water partition coefficient (Wildman–Crippen LogP) is 5.15. The van der Waals surface area contributed by atoms with Gasteiger partial charge >= 0.3 is 0 Å². The number of aliphatic hydroxyl groups is 1. The van der Waals surface area contributed by atoms with Crippen LogP contribution in [0.25, 0.3) is 0 Å². The van der Waals surface area contributed by atoms with E-state index in [0.29, 0.717) is 5.69 Å². The molecule has 1 aromatic carbocycles. The monoisotopic (exact) mass is 469 g/mol. The maximum Gasteiger partial charge on any atom is 0.151 e. The number of hydrogen-bond acceptors (Lipinski definition) is 4. The summed E-state index contributed by atoms with van der Waals surface area (Å²) in [5, 5.41) is 9.06. The first kappa shape index (κ1) is 21.0. The summed E-state index contributed by atoms with van der Waals surface area (Å²) in [5.41, 5.74) is 2.06. The average Bonchev–Trinajstić information content (AvgIpc) is 2.68. The molecule has 0 unspecified atom stereocenters. The van der Waals surface area contributed by atoms with Crippen LogP contribution in [0.3, 0.4) is 0 Å². The Morgan fingerprint density at radius 2 is 1.62 bits per heavy atom. The normalized spacial score (nSPS) is 10.7. The SMILES string of the molecule is COc1ccc(CCCCCCCCOc2ccc(CO)nc2I)cc1. The maximum atomic E-state index is 9.06. The standard InChI is InChI=1S/C21H28INO3/c1-25-19-12-9-17(10-13-19)8-6-4-2-3-5-7-15-26-20-14-11-18(16-24)23-21(20)22/h9-14,24H,2-8,15-16H2,1H3. The van der Waals surface area contributed by atoms with E-state index in [0.717, 1.165) is 34.6 Å². The van der Waals surface area contributed by atoms with Crippen molar-refractivity contribution >= 4 is 22.6 Å². The summed E-state index contributed by atoms with van der Waals surface area (Å²) in [4.78, 5) is 4.28. The highest BCUT2D eigenvalue weighted by Gasteiger charge is 2.03. The molecule has 1 heterocycles. The van der Waals surface area contributed by atoms with E-state index in [1.54, 1.807) is 13.2 Å². The van der Waals surface area contributed by atoms with Crippen molar-refractivity contribution in [2.24, 2.45) is 0 Å². The molecule has 0 bridgehead atoms. The van der Waals surface area contributed by atoms with Crippen molar-refractivity contribution in [3.8, 4) is 11.5 Å². The van der Waals surface area contributed by atoms with Gasteiger partial charge in [-0.3, -0.25) is 0 Å². The van der Waals surface area contributed by atoms with Gasteiger partial charge in [0.05, 0.1) is 26.0 Å². The van der Waals surface area contributed by atoms with E-state index in [4.69, 9.17) is 14.6 Å². The molecule has 142 valence electrons. The Kier molecular flexibility index (Phi) is 9.77. The van der Waals surface area contributed by atoms with Gasteiger partial charge in [-0.1, -0.05) is 37.8 Å². The summed E-state index contributed by atoms with van der Waals surface area (Å²) in [7, 11) is 1.70. The predicted molar refractivity (Wildman–Crippen MR) is 113 cm³/mol. The van der Waals surface area contributed by atoms with Crippen LogP contribution in [0.5, 0.6) is 11.5 Å². The minimum atomic E-state index is -0.0330. The van der Waals surface area contributed by atoms with E-state index in [2.05, 4.69) is 39.7 Å². The Morgan fingerprint density at radius 3 is 2.27 bits per heavy atom. The quantitative estimate of drug-likeness (QED) is 0.266. The van der Waals surface area contributed by atoms with Gasteiger partial charge in [0.1, 0.15) is 9.45 Å². The molecule has 0 saturated carbocycles. The smallest absolute Gasteiger partial charge is 0.151 e. The Balaban J connectivity index is 1.49. The molecule has 4 nitrogen and oxygen atoms in total. The summed E-state index contributed by atoms with van der Waals surface area (Å²) in [6.07, 6.45) is 8.45. The molecule has 0 saturated heterocycles. The van der Waals surface area contributed by atoms with E-state index in [1.165, 1.54) is 37.7 Å². The molecule has 0 radical (unpaired) electrons. The number of halogens is 1. The second-order valence-corrected chi connectivity index (χ2v) is 7.34. The summed E-state index contributed by atoms with van der Waals surface area (Å²) in [6.45, 7) is 0.691. The number of aliphatic hydroxyl groups excluding tert-OH is 1. The molecule has 0 fully saturated rings. The Bertz CT molecular complexity index is 646. The lowest BCUT2D eigenvalue weighted by Crippen LogP contribution is -2.01. The molecule has 0 aliphatic rings. The van der Waals surface area contributed by atoms with Gasteiger partial charge < -0.3 is 14.6 Å². The van der Waals surface area contributed by atoms with Crippen molar-refractivity contribution in [1.82, 2.24) is 4.98 Å². The van der Waals surface area contributed by atoms with Gasteiger partial charge in [0.2, 0.25) is 0 Å². The zero-order valence-corrected chi connectivity index (χ0v) is 17.6. The van der Waals surface area contributed by atoms with Crippen molar-refractivity contribution in [1.29, 1.82) is 0 Å². The Hall–Kier alpha value is -1.34. The lowest BCUT2D eigenvalue weighted by Gasteiger charge is -2.08. The van der Waals surface area contributed by atoms with Crippen molar-refractivity contribution < 1.29 is 14.6 Å². The van der Waals surface area contributed by atoms with Crippen molar-refractivity contribution in [3.05, 3.63) is 51.4 Å². The third-order valence-corrected chi connectivity index (χ3v) is 5.08. The van der Waals surface area contributed by atoms with Gasteiger partial charge in [-0.25, -0.2) is 4.98 Å². The fraction of sp³-hybridized carbons (Fsp3) is 0.476. The molecule has 0 amide bonds. The summed E-state index contributed by atoms with van der Waals surface area (Å²) in [5.74, 6) is 1.73. The molecule has 1 aromatic heterocycles. The molecule has 0 aliphatic heterocycles. The molecule has 2 rings (SSSR count). The minimum absolute atomic E-state index is 0.0330. The van der Waals surface area contributed by atoms with Gasteiger partial charge in [-0.2, -0.15) is 0 Å². The number of hydrogen-bond donors (Lipinski definition) is 1. The second-order valence-electron chi connectivity index (χ2n) is 6.32. The van der Waals surface area contributed by atoms with E-state index in [1.807, 2.05) is 18.2 Å². The summed E-state index contributed by atoms with van der Waals surface area (Å²) < 4.78 is 11.8. The van der Waals surface area contributed by atoms with Crippen LogP contribution in [-0.4, -0.2) is 23.8 Å². The number of aromatic nitrogens is 1. The van der Waals surface area contributed by atoms with Crippen LogP contribution in [0.15, 0.2) is 36.4 Å². The Labute approximate surface area is 170 Å². The van der Waals surface area contributed by atoms with E-state index < -0.39 is 0 Å². The highest BCUT2D eigenvalue weighted by atomic mass is 127. The molecular weight excluding hydrogens is 441 g/mol. The highest BCUT2D eigenvalue weighted by molar-refractivity contribution is 14.1. The lowest BCUT2D eigenvalue weighted by molar-refractivity contribution is 0.274. The maximum absolute atomic E-state index is 9.06. The zero-order valence-electron chi connectivity index (χ0n) is 15.4. The molecule has 0 atom stereocenters. The van der Waals surface area contributed by atoms with Crippen LogP contribution in [0.2, 0.25) is 0 Å². The number of methoxy groups -OCH3 is 1. The van der Waals surface area contributed by atoms with Crippen molar-refractivity contribution in [3.63, 3.8) is 0 Å². The molecule has 0 spiro atoms. The summed E-state index contributed by atoms with van der Waals surface area (Å²) in [6, 6.07) is 12.1. The molecule has 5 heteroatoms. The Morgan fingerprint density at radius 1 is 0.923 bits per heavy atom. The first-order valence-corrected chi connectivity index (χ1v) is 10.3. The minimum Gasteiger partial charge on any atom is -0.497 e. The average molecular weight is 469 g/mol. The largest absolute Gasteiger partial charge is 0.497 e. The van der Waals surface area contributed by atoms with Crippen LogP contribution in [-0.2, 0) is 13.0 Å². The fourth-order valence-electron chi connectivity index (χ4n) is 2.77. The van der Waals surface area contributed by atoms with Gasteiger partial charge in [0, 0.05) is 0 Å². The van der Waals surface area contributed by atoms with E-state index >= 15 is 0 Å². The van der Waals surface area contributed by atoms with Crippen LogP contribution in [0.1, 0.15) is 49.8 Å². The van der Waals surface area contributed by atoms with Crippen LogP contribution >= 0.6 is 22.6 Å². The number of ether oxygens (including phenoxy) is 2. The van der Waals surface area contributed by atoms with Crippen molar-refractivity contribution in [2.45, 2.75) is 51.6 Å².